The van der Waals surface area contributed by atoms with Crippen molar-refractivity contribution in [2.45, 2.75) is 11.3 Å². The number of nitrogens with zero attached hydrogens (tertiary/aromatic N) is 5. The Hall–Kier alpha value is -3.65. The number of carbonyl (C=O) groups is 1. The van der Waals surface area contributed by atoms with E-state index in [-0.39, 0.29) is 24.5 Å². The molecule has 0 amide bonds. The maximum absolute atomic E-state index is 13.2. The Morgan fingerprint density at radius 3 is 2.59 bits per heavy atom. The summed E-state index contributed by atoms with van der Waals surface area (Å²) in [4.78, 5) is 26.0. The molecule has 13 heteroatoms. The number of nitrogens with one attached hydrogen (secondary N) is 2. The normalized spacial score (nSPS) is 14.8. The maximum atomic E-state index is 13.2. The summed E-state index contributed by atoms with van der Waals surface area (Å²) in [5, 5.41) is 15.2. The highest BCUT2D eigenvalue weighted by molar-refractivity contribution is 7.89. The third-order valence-corrected chi connectivity index (χ3v) is 7.71. The zero-order valence-electron chi connectivity index (χ0n) is 20.2. The van der Waals surface area contributed by atoms with Gasteiger partial charge < -0.3 is 21.5 Å². The lowest BCUT2D eigenvalue weighted by molar-refractivity contribution is -0.138. The van der Waals surface area contributed by atoms with Gasteiger partial charge in [-0.1, -0.05) is 6.07 Å². The molecular weight excluding hydrogens is 496 g/mol. The predicted octanol–water partition coefficient (Wildman–Crippen LogP) is 1.43. The summed E-state index contributed by atoms with van der Waals surface area (Å²) in [5.74, 6) is 0.149. The Bertz CT molecular complexity index is 1310. The van der Waals surface area contributed by atoms with E-state index in [0.29, 0.717) is 37.0 Å². The van der Waals surface area contributed by atoms with Gasteiger partial charge in [0.15, 0.2) is 0 Å². The van der Waals surface area contributed by atoms with Gasteiger partial charge in [0, 0.05) is 56.4 Å². The van der Waals surface area contributed by atoms with Crippen molar-refractivity contribution in [2.75, 3.05) is 56.4 Å². The van der Waals surface area contributed by atoms with Gasteiger partial charge in [0.05, 0.1) is 17.1 Å². The van der Waals surface area contributed by atoms with Crippen LogP contribution in [0.15, 0.2) is 59.8 Å². The van der Waals surface area contributed by atoms with Crippen molar-refractivity contribution in [3.63, 3.8) is 0 Å². The highest BCUT2D eigenvalue weighted by Gasteiger charge is 2.29. The molecule has 0 aliphatic carbocycles. The molecule has 3 heterocycles. The predicted molar refractivity (Wildman–Crippen MR) is 140 cm³/mol. The van der Waals surface area contributed by atoms with Crippen molar-refractivity contribution in [1.29, 1.82) is 0 Å². The highest BCUT2D eigenvalue weighted by Crippen LogP contribution is 2.24. The van der Waals surface area contributed by atoms with E-state index >= 15 is 0 Å². The molecule has 1 aliphatic rings. The number of aromatic nitrogens is 3. The molecule has 1 fully saturated rings. The smallest absolute Gasteiger partial charge is 0.317 e. The molecule has 1 saturated heterocycles. The van der Waals surface area contributed by atoms with E-state index in [1.807, 2.05) is 12.1 Å². The van der Waals surface area contributed by atoms with Crippen LogP contribution >= 0.6 is 0 Å². The Morgan fingerprint density at radius 2 is 1.89 bits per heavy atom. The molecule has 4 rings (SSSR count). The summed E-state index contributed by atoms with van der Waals surface area (Å²) in [6.45, 7) is 2.45. The molecular formula is C24H30N8O4S. The van der Waals surface area contributed by atoms with Crippen LogP contribution < -0.4 is 16.4 Å². The molecule has 0 unspecified atom stereocenters. The standard InChI is InChI=1S/C24H30N8O4S/c25-8-2-9-26-22-6-5-18(16-28-22)21-7-10-27-24(30-21)29-19-3-1-4-20(15-19)37(35,36)32-13-11-31(12-14-32)17-23(33)34/h1,3-7,10,15-16H,2,8-9,11-14,17,25H2,(H,26,28)(H,33,34)(H,27,29,30). The van der Waals surface area contributed by atoms with E-state index in [1.165, 1.54) is 10.4 Å². The summed E-state index contributed by atoms with van der Waals surface area (Å²) < 4.78 is 27.7. The van der Waals surface area contributed by atoms with Gasteiger partial charge in [-0.2, -0.15) is 4.31 Å². The average Bonchev–Trinajstić information content (AvgIpc) is 2.89. The van der Waals surface area contributed by atoms with Crippen molar-refractivity contribution in [3.8, 4) is 11.3 Å². The third kappa shape index (κ3) is 6.98. The molecule has 0 spiro atoms. The number of piperazine rings is 1. The molecule has 1 aromatic carbocycles. The fraction of sp³-hybridized carbons (Fsp3) is 0.333. The fourth-order valence-corrected chi connectivity index (χ4v) is 5.35. The zero-order chi connectivity index (χ0) is 26.3. The molecule has 0 bridgehead atoms. The van der Waals surface area contributed by atoms with Crippen LogP contribution in [0.25, 0.3) is 11.3 Å². The number of rotatable bonds is 11. The van der Waals surface area contributed by atoms with Crippen LogP contribution in [0.3, 0.4) is 0 Å². The quantitative estimate of drug-likeness (QED) is 0.267. The molecule has 1 aliphatic heterocycles. The van der Waals surface area contributed by atoms with Crippen LogP contribution in [0.4, 0.5) is 17.5 Å². The van der Waals surface area contributed by atoms with Crippen LogP contribution in [0.5, 0.6) is 0 Å². The van der Waals surface area contributed by atoms with E-state index in [2.05, 4.69) is 25.6 Å². The Morgan fingerprint density at radius 1 is 1.08 bits per heavy atom. The van der Waals surface area contributed by atoms with Crippen molar-refractivity contribution in [1.82, 2.24) is 24.2 Å². The number of anilines is 3. The van der Waals surface area contributed by atoms with Crippen LogP contribution in [-0.2, 0) is 14.8 Å². The van der Waals surface area contributed by atoms with E-state index in [9.17, 15) is 13.2 Å². The Balaban J connectivity index is 1.43. The van der Waals surface area contributed by atoms with Crippen molar-refractivity contribution in [3.05, 3.63) is 54.9 Å². The number of hydrogen-bond acceptors (Lipinski definition) is 10. The van der Waals surface area contributed by atoms with Crippen molar-refractivity contribution >= 4 is 33.4 Å². The first-order chi connectivity index (χ1) is 17.8. The van der Waals surface area contributed by atoms with Gasteiger partial charge in [-0.15, -0.1) is 0 Å². The number of pyridine rings is 1. The topological polar surface area (TPSA) is 167 Å². The Labute approximate surface area is 215 Å². The minimum atomic E-state index is -3.74. The molecule has 37 heavy (non-hydrogen) atoms. The molecule has 0 radical (unpaired) electrons. The lowest BCUT2D eigenvalue weighted by atomic mass is 10.2. The first-order valence-corrected chi connectivity index (χ1v) is 13.3. The average molecular weight is 527 g/mol. The first kappa shape index (κ1) is 26.4. The van der Waals surface area contributed by atoms with Gasteiger partial charge >= 0.3 is 5.97 Å². The van der Waals surface area contributed by atoms with Gasteiger partial charge in [-0.25, -0.2) is 23.4 Å². The van der Waals surface area contributed by atoms with E-state index in [4.69, 9.17) is 10.8 Å². The second-order valence-electron chi connectivity index (χ2n) is 8.49. The van der Waals surface area contributed by atoms with Gasteiger partial charge in [0.25, 0.3) is 0 Å². The molecule has 2 aromatic heterocycles. The lowest BCUT2D eigenvalue weighted by Crippen LogP contribution is -2.49. The number of nitrogens with two attached hydrogens (primary N) is 1. The van der Waals surface area contributed by atoms with Gasteiger partial charge in [0.2, 0.25) is 16.0 Å². The number of carboxylic acids is 1. The molecule has 196 valence electrons. The summed E-state index contributed by atoms with van der Waals surface area (Å²) in [6, 6.07) is 12.0. The zero-order valence-corrected chi connectivity index (χ0v) is 21.1. The summed E-state index contributed by atoms with van der Waals surface area (Å²) in [7, 11) is -3.74. The molecule has 0 saturated carbocycles. The number of carboxylic acid groups (broad SMARTS) is 1. The molecule has 3 aromatic rings. The number of sulfonamides is 1. The fourth-order valence-electron chi connectivity index (χ4n) is 3.88. The van der Waals surface area contributed by atoms with Gasteiger partial charge in [-0.05, 0) is 49.4 Å². The summed E-state index contributed by atoms with van der Waals surface area (Å²) in [6.07, 6.45) is 4.20. The Kier molecular flexibility index (Phi) is 8.61. The monoisotopic (exact) mass is 526 g/mol. The minimum absolute atomic E-state index is 0.0990. The van der Waals surface area contributed by atoms with Crippen LogP contribution in [-0.4, -0.2) is 89.5 Å². The first-order valence-electron chi connectivity index (χ1n) is 11.9. The van der Waals surface area contributed by atoms with E-state index in [1.54, 1.807) is 41.6 Å². The largest absolute Gasteiger partial charge is 0.480 e. The van der Waals surface area contributed by atoms with Crippen LogP contribution in [0, 0.1) is 0 Å². The second-order valence-corrected chi connectivity index (χ2v) is 10.4. The van der Waals surface area contributed by atoms with Crippen LogP contribution in [0.2, 0.25) is 0 Å². The lowest BCUT2D eigenvalue weighted by Gasteiger charge is -2.33. The molecule has 5 N–H and O–H groups in total. The van der Waals surface area contributed by atoms with E-state index in [0.717, 1.165) is 24.3 Å². The number of hydrogen-bond donors (Lipinski definition) is 4. The molecule has 12 nitrogen and oxygen atoms in total. The van der Waals surface area contributed by atoms with Gasteiger partial charge in [0.1, 0.15) is 5.82 Å². The van der Waals surface area contributed by atoms with Crippen molar-refractivity contribution < 1.29 is 18.3 Å². The minimum Gasteiger partial charge on any atom is -0.480 e. The third-order valence-electron chi connectivity index (χ3n) is 5.82. The molecule has 0 atom stereocenters. The highest BCUT2D eigenvalue weighted by atomic mass is 32.2. The van der Waals surface area contributed by atoms with Crippen molar-refractivity contribution in [2.24, 2.45) is 5.73 Å². The number of benzene rings is 1. The second kappa shape index (κ2) is 12.1. The summed E-state index contributed by atoms with van der Waals surface area (Å²) in [5.41, 5.74) is 7.52. The summed E-state index contributed by atoms with van der Waals surface area (Å²) >= 11 is 0. The maximum Gasteiger partial charge on any atom is 0.317 e. The van der Waals surface area contributed by atoms with Gasteiger partial charge in [-0.3, -0.25) is 9.69 Å². The SMILES string of the molecule is NCCCNc1ccc(-c2ccnc(Nc3cccc(S(=O)(=O)N4CCN(CC(=O)O)CC4)c3)n2)cn1. The number of aliphatic carboxylic acids is 1. The van der Waals surface area contributed by atoms with Crippen LogP contribution in [0.1, 0.15) is 6.42 Å². The van der Waals surface area contributed by atoms with E-state index < -0.39 is 16.0 Å².